The summed E-state index contributed by atoms with van der Waals surface area (Å²) >= 11 is 0. The van der Waals surface area contributed by atoms with E-state index < -0.39 is 40.9 Å². The first kappa shape index (κ1) is 27.9. The molecule has 1 unspecified atom stereocenters. The van der Waals surface area contributed by atoms with Gasteiger partial charge in [0.05, 0.1) is 20.6 Å². The molecule has 15 heteroatoms. The van der Waals surface area contributed by atoms with Gasteiger partial charge < -0.3 is 33.8 Å². The van der Waals surface area contributed by atoms with Crippen molar-refractivity contribution in [3.8, 4) is 0 Å². The third-order valence-electron chi connectivity index (χ3n) is 11.0. The van der Waals surface area contributed by atoms with Crippen LogP contribution in [0.3, 0.4) is 0 Å². The maximum atomic E-state index is 12.2. The van der Waals surface area contributed by atoms with E-state index in [1.54, 1.807) is 0 Å². The summed E-state index contributed by atoms with van der Waals surface area (Å²) in [6.07, 6.45) is 5.68. The molecular formula is C21H43N3O9P3+3. The molecule has 5 rings (SSSR count). The standard InChI is InChI=1S/C21H40N3O9P3/c1-22(2)12-19(22)7-9-21(10-8-19)13-23(21,15-34(25,26)27)11-18-3-5-20(6-4-18)14-24(20,16-35(28,29)30)17-36(31,32)33/h18H,3-17H2,1-2H3,(H3-3,25,26,27,28,29,30,31,32,33)/p+3. The molecule has 12 nitrogen and oxygen atoms in total. The predicted molar refractivity (Wildman–Crippen MR) is 131 cm³/mol. The van der Waals surface area contributed by atoms with Crippen LogP contribution in [0.15, 0.2) is 0 Å². The number of nitrogens with zero attached hydrogens (tertiary/aromatic N) is 3. The average molecular weight is 575 g/mol. The lowest BCUT2D eigenvalue weighted by atomic mass is 9.79. The van der Waals surface area contributed by atoms with Crippen molar-refractivity contribution < 1.29 is 56.5 Å². The van der Waals surface area contributed by atoms with Gasteiger partial charge in [-0.05, 0) is 12.8 Å². The van der Waals surface area contributed by atoms with Crippen LogP contribution in [0, 0.1) is 5.92 Å². The van der Waals surface area contributed by atoms with Gasteiger partial charge in [0, 0.05) is 44.4 Å². The first-order chi connectivity index (χ1) is 16.2. The Hall–Kier alpha value is 0.330. The summed E-state index contributed by atoms with van der Waals surface area (Å²) in [7, 11) is -8.63. The Morgan fingerprint density at radius 1 is 0.611 bits per heavy atom. The lowest BCUT2D eigenvalue weighted by Crippen LogP contribution is -2.46. The van der Waals surface area contributed by atoms with Gasteiger partial charge in [-0.15, -0.1) is 0 Å². The number of hydrogen-bond acceptors (Lipinski definition) is 3. The van der Waals surface area contributed by atoms with E-state index in [0.29, 0.717) is 36.0 Å². The average Bonchev–Trinajstić information content (AvgIpc) is 3.55. The highest BCUT2D eigenvalue weighted by Gasteiger charge is 2.78. The molecule has 208 valence electrons. The van der Waals surface area contributed by atoms with Crippen molar-refractivity contribution in [1.29, 1.82) is 0 Å². The Balaban J connectivity index is 1.26. The number of quaternary nitrogens is 3. The zero-order valence-corrected chi connectivity index (χ0v) is 24.0. The van der Waals surface area contributed by atoms with E-state index in [0.717, 1.165) is 49.6 Å². The molecule has 3 saturated heterocycles. The molecule has 3 spiro atoms. The SMILES string of the molecule is C[N+]1(C)CC12CCC1(CC2)C[N+]1(CC1CCC2(CC1)C[N+]2(CP(=O)(O)O)CP(=O)(O)O)CP(=O)(O)O. The minimum absolute atomic E-state index is 0.0513. The Kier molecular flexibility index (Phi) is 6.16. The van der Waals surface area contributed by atoms with E-state index in [9.17, 15) is 43.1 Å². The van der Waals surface area contributed by atoms with Crippen LogP contribution in [0.2, 0.25) is 0 Å². The highest BCUT2D eigenvalue weighted by molar-refractivity contribution is 7.52. The number of rotatable bonds is 8. The van der Waals surface area contributed by atoms with Crippen LogP contribution in [0.1, 0.15) is 51.4 Å². The van der Waals surface area contributed by atoms with E-state index in [1.807, 2.05) is 0 Å². The topological polar surface area (TPSA) is 173 Å². The molecule has 0 aromatic heterocycles. The maximum Gasteiger partial charge on any atom is 0.379 e. The quantitative estimate of drug-likeness (QED) is 0.141. The first-order valence-corrected chi connectivity index (χ1v) is 18.3. The van der Waals surface area contributed by atoms with Gasteiger partial charge in [0.2, 0.25) is 0 Å². The second-order valence-electron chi connectivity index (χ2n) is 13.7. The molecule has 5 aliphatic rings. The van der Waals surface area contributed by atoms with Crippen LogP contribution in [-0.2, 0) is 13.7 Å². The summed E-state index contributed by atoms with van der Waals surface area (Å²) < 4.78 is 37.1. The van der Waals surface area contributed by atoms with Gasteiger partial charge >= 0.3 is 22.8 Å². The van der Waals surface area contributed by atoms with Gasteiger partial charge in [0.15, 0.2) is 18.9 Å². The molecule has 1 atom stereocenters. The van der Waals surface area contributed by atoms with Crippen molar-refractivity contribution in [2.45, 2.75) is 68.0 Å². The fourth-order valence-electron chi connectivity index (χ4n) is 8.88. The van der Waals surface area contributed by atoms with Crippen LogP contribution < -0.4 is 0 Å². The molecule has 6 N–H and O–H groups in total. The lowest BCUT2D eigenvalue weighted by molar-refractivity contribution is -0.829. The second-order valence-corrected chi connectivity index (χ2v) is 18.5. The molecule has 2 aliphatic carbocycles. The van der Waals surface area contributed by atoms with E-state index in [4.69, 9.17) is 0 Å². The van der Waals surface area contributed by atoms with Crippen LogP contribution in [-0.4, -0.2) is 119 Å². The molecule has 5 fully saturated rings. The Bertz CT molecular complexity index is 1040. The van der Waals surface area contributed by atoms with Crippen LogP contribution in [0.4, 0.5) is 0 Å². The Morgan fingerprint density at radius 2 is 0.972 bits per heavy atom. The fourth-order valence-corrected chi connectivity index (χ4v) is 12.7. The van der Waals surface area contributed by atoms with Gasteiger partial charge in [-0.1, -0.05) is 0 Å². The van der Waals surface area contributed by atoms with Gasteiger partial charge in [-0.2, -0.15) is 0 Å². The van der Waals surface area contributed by atoms with E-state index in [1.165, 1.54) is 6.54 Å². The van der Waals surface area contributed by atoms with Crippen molar-refractivity contribution in [1.82, 2.24) is 0 Å². The van der Waals surface area contributed by atoms with Crippen molar-refractivity contribution >= 4 is 22.8 Å². The summed E-state index contributed by atoms with van der Waals surface area (Å²) in [6, 6.07) is 0. The largest absolute Gasteiger partial charge is 0.379 e. The summed E-state index contributed by atoms with van der Waals surface area (Å²) in [5, 5.41) is 0. The molecule has 2 saturated carbocycles. The van der Waals surface area contributed by atoms with Gasteiger partial charge in [-0.25, -0.2) is 0 Å². The number of hydrogen-bond donors (Lipinski definition) is 6. The summed E-state index contributed by atoms with van der Waals surface area (Å²) in [6.45, 7) is 3.04. The molecular weight excluding hydrogens is 531 g/mol. The van der Waals surface area contributed by atoms with Crippen LogP contribution in [0.5, 0.6) is 0 Å². The van der Waals surface area contributed by atoms with E-state index in [2.05, 4.69) is 14.1 Å². The Morgan fingerprint density at radius 3 is 1.39 bits per heavy atom. The zero-order chi connectivity index (χ0) is 26.7. The predicted octanol–water partition coefficient (Wildman–Crippen LogP) is 1.12. The molecule has 0 aromatic carbocycles. The molecule has 3 aliphatic heterocycles. The highest BCUT2D eigenvalue weighted by atomic mass is 31.2. The smallest absolute Gasteiger partial charge is 0.321 e. The third kappa shape index (κ3) is 4.89. The molecule has 0 amide bonds. The van der Waals surface area contributed by atoms with Gasteiger partial charge in [0.25, 0.3) is 0 Å². The van der Waals surface area contributed by atoms with Crippen molar-refractivity contribution in [2.75, 3.05) is 59.1 Å². The lowest BCUT2D eigenvalue weighted by Gasteiger charge is -2.37. The van der Waals surface area contributed by atoms with Crippen LogP contribution in [0.25, 0.3) is 0 Å². The van der Waals surface area contributed by atoms with Gasteiger partial charge in [-0.3, -0.25) is 22.7 Å². The van der Waals surface area contributed by atoms with Crippen molar-refractivity contribution in [2.24, 2.45) is 5.92 Å². The first-order valence-electron chi connectivity index (χ1n) is 12.9. The minimum Gasteiger partial charge on any atom is -0.321 e. The maximum absolute atomic E-state index is 12.2. The molecule has 36 heavy (non-hydrogen) atoms. The number of likely N-dealkylation sites (N-methyl/N-ethyl adjacent to an activating group) is 1. The molecule has 3 heterocycles. The molecule has 0 bridgehead atoms. The molecule has 0 radical (unpaired) electrons. The van der Waals surface area contributed by atoms with Crippen LogP contribution >= 0.6 is 22.8 Å². The monoisotopic (exact) mass is 574 g/mol. The fraction of sp³-hybridized carbons (Fsp3) is 1.00. The second kappa shape index (κ2) is 7.96. The minimum atomic E-state index is -4.47. The van der Waals surface area contributed by atoms with Gasteiger partial charge in [0.1, 0.15) is 36.3 Å². The van der Waals surface area contributed by atoms with Crippen molar-refractivity contribution in [3.05, 3.63) is 0 Å². The third-order valence-corrected chi connectivity index (χ3v) is 13.7. The summed E-state index contributed by atoms with van der Waals surface area (Å²) in [4.78, 5) is 58.3. The van der Waals surface area contributed by atoms with Crippen molar-refractivity contribution in [3.63, 3.8) is 0 Å². The Labute approximate surface area is 212 Å². The van der Waals surface area contributed by atoms with E-state index in [-0.39, 0.29) is 22.2 Å². The zero-order valence-electron chi connectivity index (χ0n) is 21.3. The summed E-state index contributed by atoms with van der Waals surface area (Å²) in [5.74, 6) is 0.234. The normalized spacial score (nSPS) is 43.2. The summed E-state index contributed by atoms with van der Waals surface area (Å²) in [5.41, 5.74) is -0.228. The van der Waals surface area contributed by atoms with E-state index >= 15 is 0 Å². The molecule has 0 aromatic rings. The highest BCUT2D eigenvalue weighted by Crippen LogP contribution is 2.65.